The van der Waals surface area contributed by atoms with Crippen LogP contribution in [0.2, 0.25) is 0 Å². The van der Waals surface area contributed by atoms with E-state index in [2.05, 4.69) is 37.0 Å². The fourth-order valence-corrected chi connectivity index (χ4v) is 10.7. The molecule has 71 heavy (non-hydrogen) atoms. The van der Waals surface area contributed by atoms with Gasteiger partial charge in [0.15, 0.2) is 12.3 Å². The number of nitrogen functional groups attached to an aromatic ring is 1. The normalized spacial score (nSPS) is 19.2. The molecule has 0 saturated carbocycles. The number of phosphoric acid groups is 2. The average Bonchev–Trinajstić information content (AvgIpc) is 3.58. The highest BCUT2D eigenvalue weighted by atomic mass is 31.3. The van der Waals surface area contributed by atoms with E-state index in [0.29, 0.717) is 12.8 Å². The molecule has 7 atom stereocenters. The number of aliphatic hydroxyl groups is 2. The van der Waals surface area contributed by atoms with Crippen LogP contribution in [0.25, 0.3) is 0 Å². The van der Waals surface area contributed by atoms with Crippen LogP contribution in [0.5, 0.6) is 0 Å². The molecule has 0 bridgehead atoms. The third-order valence-electron chi connectivity index (χ3n) is 12.8. The van der Waals surface area contributed by atoms with Gasteiger partial charge >= 0.3 is 33.3 Å². The minimum Gasteiger partial charge on any atom is -0.462 e. The molecule has 1 aromatic rings. The lowest BCUT2D eigenvalue weighted by atomic mass is 10.0. The number of carbonyl (C=O) groups is 2. The predicted octanol–water partition coefficient (Wildman–Crippen LogP) is 11.6. The van der Waals surface area contributed by atoms with E-state index in [1.807, 2.05) is 0 Å². The molecule has 0 aliphatic carbocycles. The number of anilines is 1. The maximum atomic E-state index is 12.9. The van der Waals surface area contributed by atoms with Crippen LogP contribution in [0.4, 0.5) is 5.82 Å². The van der Waals surface area contributed by atoms with Crippen molar-refractivity contribution in [3.63, 3.8) is 0 Å². The highest BCUT2D eigenvalue weighted by Crippen LogP contribution is 2.60. The molecule has 414 valence electrons. The predicted molar refractivity (Wildman–Crippen MR) is 275 cm³/mol. The van der Waals surface area contributed by atoms with Crippen molar-refractivity contribution in [1.82, 2.24) is 9.55 Å². The van der Waals surface area contributed by atoms with Crippen LogP contribution in [-0.4, -0.2) is 85.7 Å². The van der Waals surface area contributed by atoms with Gasteiger partial charge in [0.2, 0.25) is 0 Å². The molecule has 18 nitrogen and oxygen atoms in total. The summed E-state index contributed by atoms with van der Waals surface area (Å²) >= 11 is 0. The van der Waals surface area contributed by atoms with Gasteiger partial charge in [-0.3, -0.25) is 23.2 Å². The standard InChI is InChI=1S/C51H95N3O15P2/c1-41(2)32-28-24-20-16-12-8-6-5-7-9-15-19-23-27-31-35-47(56)67-43(38-64-46(55)34-30-26-22-18-14-11-10-13-17-21-25-29-33-42(3)4)39-65-70(60,61)69-71(62,63)66-40-44-48(57)49(58)50(68-44)54-37-36-45(52)53-51(54)59/h36-37,41-44,48-50,57-58H,5-35,38-40H2,1-4H3,(H,60,61)(H,62,63)(H2,52,53,59)/t43-,44-,48+,49?,50-/m1/s1. The van der Waals surface area contributed by atoms with Gasteiger partial charge < -0.3 is 39.9 Å². The first-order chi connectivity index (χ1) is 33.9. The number of phosphoric ester groups is 2. The van der Waals surface area contributed by atoms with Gasteiger partial charge in [0.05, 0.1) is 13.2 Å². The molecule has 0 amide bonds. The van der Waals surface area contributed by atoms with Gasteiger partial charge in [-0.15, -0.1) is 0 Å². The highest BCUT2D eigenvalue weighted by Gasteiger charge is 2.46. The molecule has 1 fully saturated rings. The maximum Gasteiger partial charge on any atom is 0.481 e. The smallest absolute Gasteiger partial charge is 0.462 e. The number of rotatable bonds is 45. The lowest BCUT2D eigenvalue weighted by Gasteiger charge is -2.21. The molecule has 0 aromatic carbocycles. The Labute approximate surface area is 425 Å². The van der Waals surface area contributed by atoms with Gasteiger partial charge in [-0.05, 0) is 30.7 Å². The molecule has 0 spiro atoms. The zero-order chi connectivity index (χ0) is 52.3. The first-order valence-electron chi connectivity index (χ1n) is 27.3. The van der Waals surface area contributed by atoms with E-state index >= 15 is 0 Å². The number of nitrogens with zero attached hydrogens (tertiary/aromatic N) is 2. The summed E-state index contributed by atoms with van der Waals surface area (Å²) in [6.45, 7) is 6.84. The second kappa shape index (κ2) is 38.3. The van der Waals surface area contributed by atoms with Crippen molar-refractivity contribution < 1.29 is 66.3 Å². The maximum absolute atomic E-state index is 12.9. The molecular weight excluding hydrogens is 957 g/mol. The molecule has 1 aliphatic heterocycles. The Morgan fingerprint density at radius 2 is 1.04 bits per heavy atom. The summed E-state index contributed by atoms with van der Waals surface area (Å²) in [7, 11) is -10.8. The molecule has 6 N–H and O–H groups in total. The second-order valence-corrected chi connectivity index (χ2v) is 23.4. The monoisotopic (exact) mass is 1050 g/mol. The van der Waals surface area contributed by atoms with Crippen molar-refractivity contribution in [2.24, 2.45) is 11.8 Å². The Balaban J connectivity index is 1.76. The summed E-state index contributed by atoms with van der Waals surface area (Å²) in [6, 6.07) is 1.25. The topological polar surface area (TPSA) is 265 Å². The van der Waals surface area contributed by atoms with E-state index in [1.165, 1.54) is 134 Å². The Morgan fingerprint density at radius 1 is 0.634 bits per heavy atom. The Morgan fingerprint density at radius 3 is 1.48 bits per heavy atom. The van der Waals surface area contributed by atoms with E-state index < -0.39 is 83.7 Å². The molecule has 1 saturated heterocycles. The van der Waals surface area contributed by atoms with Crippen molar-refractivity contribution in [2.75, 3.05) is 25.6 Å². The molecule has 2 rings (SSSR count). The lowest BCUT2D eigenvalue weighted by molar-refractivity contribution is -0.161. The lowest BCUT2D eigenvalue weighted by Crippen LogP contribution is -2.36. The number of ether oxygens (including phenoxy) is 3. The number of unbranched alkanes of at least 4 members (excludes halogenated alkanes) is 25. The van der Waals surface area contributed by atoms with Crippen molar-refractivity contribution in [2.45, 2.75) is 257 Å². The third kappa shape index (κ3) is 32.6. The summed E-state index contributed by atoms with van der Waals surface area (Å²) in [4.78, 5) is 62.0. The van der Waals surface area contributed by atoms with Crippen LogP contribution in [-0.2, 0) is 46.3 Å². The highest BCUT2D eigenvalue weighted by molar-refractivity contribution is 7.61. The Hall–Kier alpha value is -2.24. The van der Waals surface area contributed by atoms with Gasteiger partial charge in [-0.25, -0.2) is 13.9 Å². The van der Waals surface area contributed by atoms with Gasteiger partial charge in [0.25, 0.3) is 0 Å². The van der Waals surface area contributed by atoms with Crippen molar-refractivity contribution in [3.05, 3.63) is 22.7 Å². The van der Waals surface area contributed by atoms with E-state index in [1.54, 1.807) is 0 Å². The average molecular weight is 1050 g/mol. The largest absolute Gasteiger partial charge is 0.481 e. The van der Waals surface area contributed by atoms with Gasteiger partial charge in [-0.2, -0.15) is 9.29 Å². The minimum absolute atomic E-state index is 0.0572. The summed E-state index contributed by atoms with van der Waals surface area (Å²) in [5.74, 6) is 0.306. The molecule has 1 aliphatic rings. The molecule has 2 heterocycles. The Kier molecular flexibility index (Phi) is 35.0. The number of hydrogen-bond donors (Lipinski definition) is 5. The van der Waals surface area contributed by atoms with Crippen LogP contribution in [0.3, 0.4) is 0 Å². The summed E-state index contributed by atoms with van der Waals surface area (Å²) in [5, 5.41) is 20.9. The SMILES string of the molecule is CC(C)CCCCCCCCCCCCCCCCCC(=O)O[C@H](COC(=O)CCCCCCCCCCCCCCC(C)C)COP(=O)(O)OP(=O)(O)OC[C@H]1O[C@@H](n2ccc(N)nc2=O)C(O)[C@H]1O. The first-order valence-corrected chi connectivity index (χ1v) is 30.3. The van der Waals surface area contributed by atoms with Crippen LogP contribution >= 0.6 is 15.6 Å². The molecule has 20 heteroatoms. The summed E-state index contributed by atoms with van der Waals surface area (Å²) < 4.78 is 56.9. The van der Waals surface area contributed by atoms with Crippen molar-refractivity contribution in [3.8, 4) is 0 Å². The molecule has 0 radical (unpaired) electrons. The first kappa shape index (κ1) is 64.9. The number of carbonyl (C=O) groups excluding carboxylic acids is 2. The quantitative estimate of drug-likeness (QED) is 0.0231. The fraction of sp³-hybridized carbons (Fsp3) is 0.882. The van der Waals surface area contributed by atoms with Crippen LogP contribution < -0.4 is 11.4 Å². The number of nitrogens with two attached hydrogens (primary N) is 1. The molecule has 3 unspecified atom stereocenters. The van der Waals surface area contributed by atoms with Crippen molar-refractivity contribution >= 4 is 33.4 Å². The summed E-state index contributed by atoms with van der Waals surface area (Å²) in [6.07, 6.45) is 27.6. The van der Waals surface area contributed by atoms with Gasteiger partial charge in [-0.1, -0.05) is 201 Å². The minimum atomic E-state index is -5.42. The third-order valence-corrected chi connectivity index (χ3v) is 15.4. The number of aliphatic hydroxyl groups excluding tert-OH is 2. The van der Waals surface area contributed by atoms with E-state index in [-0.39, 0.29) is 18.7 Å². The Bertz CT molecular complexity index is 1720. The number of esters is 2. The van der Waals surface area contributed by atoms with Gasteiger partial charge in [0.1, 0.15) is 30.7 Å². The number of aromatic nitrogens is 2. The van der Waals surface area contributed by atoms with Crippen LogP contribution in [0, 0.1) is 11.8 Å². The van der Waals surface area contributed by atoms with E-state index in [0.717, 1.165) is 67.8 Å². The molecular formula is C51H95N3O15P2. The fourth-order valence-electron chi connectivity index (χ4n) is 8.57. The number of hydrogen-bond acceptors (Lipinski definition) is 15. The van der Waals surface area contributed by atoms with Gasteiger partial charge in [0, 0.05) is 19.0 Å². The summed E-state index contributed by atoms with van der Waals surface area (Å²) in [5.41, 5.74) is 4.60. The zero-order valence-corrected chi connectivity index (χ0v) is 45.7. The van der Waals surface area contributed by atoms with Crippen LogP contribution in [0.15, 0.2) is 17.1 Å². The van der Waals surface area contributed by atoms with Crippen LogP contribution in [0.1, 0.15) is 233 Å². The van der Waals surface area contributed by atoms with Crippen molar-refractivity contribution in [1.29, 1.82) is 0 Å². The van der Waals surface area contributed by atoms with E-state index in [4.69, 9.17) is 29.0 Å². The zero-order valence-electron chi connectivity index (χ0n) is 43.9. The second-order valence-electron chi connectivity index (χ2n) is 20.4. The van der Waals surface area contributed by atoms with E-state index in [9.17, 15) is 43.5 Å². The molecule has 1 aromatic heterocycles.